The highest BCUT2D eigenvalue weighted by Crippen LogP contribution is 2.39. The van der Waals surface area contributed by atoms with Crippen molar-refractivity contribution >= 4 is 5.71 Å². The molecule has 0 fully saturated rings. The maximum Gasteiger partial charge on any atom is 0.129 e. The number of hydrogen-bond acceptors (Lipinski definition) is 4. The molecular formula is C25H31NO3. The van der Waals surface area contributed by atoms with Crippen molar-refractivity contribution < 1.29 is 14.3 Å². The van der Waals surface area contributed by atoms with Crippen LogP contribution in [0.15, 0.2) is 59.8 Å². The summed E-state index contributed by atoms with van der Waals surface area (Å²) in [6.45, 7) is 11.3. The fourth-order valence-corrected chi connectivity index (χ4v) is 3.10. The van der Waals surface area contributed by atoms with Gasteiger partial charge in [0.15, 0.2) is 0 Å². The van der Waals surface area contributed by atoms with E-state index in [-0.39, 0.29) is 11.7 Å². The number of ether oxygens (including phenoxy) is 2. The van der Waals surface area contributed by atoms with Crippen molar-refractivity contribution in [3.8, 4) is 16.9 Å². The summed E-state index contributed by atoms with van der Waals surface area (Å²) in [5.74, 6) is 0.822. The maximum atomic E-state index is 5.93. The van der Waals surface area contributed by atoms with Gasteiger partial charge < -0.3 is 14.3 Å². The molecule has 2 aromatic carbocycles. The molecule has 0 spiro atoms. The van der Waals surface area contributed by atoms with Gasteiger partial charge in [-0.15, -0.1) is 0 Å². The Morgan fingerprint density at radius 3 is 2.38 bits per heavy atom. The molecule has 0 aliphatic heterocycles. The summed E-state index contributed by atoms with van der Waals surface area (Å²) in [4.78, 5) is 5.74. The van der Waals surface area contributed by atoms with Crippen LogP contribution < -0.4 is 4.74 Å². The van der Waals surface area contributed by atoms with Crippen molar-refractivity contribution in [1.29, 1.82) is 0 Å². The minimum atomic E-state index is -0.344. The predicted molar refractivity (Wildman–Crippen MR) is 119 cm³/mol. The van der Waals surface area contributed by atoms with Crippen LogP contribution >= 0.6 is 0 Å². The van der Waals surface area contributed by atoms with Crippen LogP contribution in [0.1, 0.15) is 52.2 Å². The van der Waals surface area contributed by atoms with Crippen LogP contribution in [-0.2, 0) is 9.57 Å². The van der Waals surface area contributed by atoms with Gasteiger partial charge in [0.05, 0.1) is 12.7 Å². The lowest BCUT2D eigenvalue weighted by Gasteiger charge is -2.16. The molecule has 0 aromatic heterocycles. The van der Waals surface area contributed by atoms with E-state index in [9.17, 15) is 0 Å². The average Bonchev–Trinajstić information content (AvgIpc) is 2.98. The first-order valence-corrected chi connectivity index (χ1v) is 10.2. The summed E-state index contributed by atoms with van der Waals surface area (Å²) < 4.78 is 11.5. The molecule has 0 amide bonds. The predicted octanol–water partition coefficient (Wildman–Crippen LogP) is 5.98. The molecule has 1 aliphatic carbocycles. The Bertz CT molecular complexity index is 891. The van der Waals surface area contributed by atoms with Crippen molar-refractivity contribution in [1.82, 2.24) is 0 Å². The second-order valence-corrected chi connectivity index (χ2v) is 8.39. The molecule has 0 unspecified atom stereocenters. The van der Waals surface area contributed by atoms with Crippen LogP contribution in [0, 0.1) is 0 Å². The van der Waals surface area contributed by atoms with Crippen LogP contribution in [0.3, 0.4) is 0 Å². The number of nitrogens with zero attached hydrogens (tertiary/aromatic N) is 1. The zero-order valence-electron chi connectivity index (χ0n) is 18.1. The van der Waals surface area contributed by atoms with Crippen LogP contribution in [0.4, 0.5) is 0 Å². The minimum Gasteiger partial charge on any atom is -0.490 e. The molecule has 0 bridgehead atoms. The summed E-state index contributed by atoms with van der Waals surface area (Å²) in [5.41, 5.74) is 4.98. The van der Waals surface area contributed by atoms with E-state index in [2.05, 4.69) is 35.5 Å². The molecular weight excluding hydrogens is 362 g/mol. The third-order valence-electron chi connectivity index (χ3n) is 4.38. The van der Waals surface area contributed by atoms with Gasteiger partial charge in [0.1, 0.15) is 23.7 Å². The van der Waals surface area contributed by atoms with E-state index in [0.717, 1.165) is 41.2 Å². The van der Waals surface area contributed by atoms with E-state index in [1.165, 1.54) is 5.56 Å². The summed E-state index contributed by atoms with van der Waals surface area (Å²) >= 11 is 0. The van der Waals surface area contributed by atoms with E-state index in [0.29, 0.717) is 6.61 Å². The van der Waals surface area contributed by atoms with Crippen LogP contribution in [-0.4, -0.2) is 30.6 Å². The van der Waals surface area contributed by atoms with Crippen LogP contribution in [0.5, 0.6) is 5.75 Å². The molecule has 0 saturated heterocycles. The molecule has 154 valence electrons. The molecule has 4 heteroatoms. The van der Waals surface area contributed by atoms with Crippen LogP contribution in [0.25, 0.3) is 11.1 Å². The molecule has 0 saturated carbocycles. The SMILES string of the molecule is CC(C)OCC/C=C/COc1ccc2c(c1)/C(=N/OC(C)(C)C)c1ccccc1-2. The minimum absolute atomic E-state index is 0.272. The van der Waals surface area contributed by atoms with Gasteiger partial charge >= 0.3 is 0 Å². The third-order valence-corrected chi connectivity index (χ3v) is 4.38. The Morgan fingerprint density at radius 2 is 1.66 bits per heavy atom. The highest BCUT2D eigenvalue weighted by atomic mass is 16.6. The van der Waals surface area contributed by atoms with Gasteiger partial charge in [-0.2, -0.15) is 0 Å². The lowest BCUT2D eigenvalue weighted by atomic mass is 10.1. The molecule has 1 aliphatic rings. The molecule has 29 heavy (non-hydrogen) atoms. The van der Waals surface area contributed by atoms with Gasteiger partial charge in [-0.3, -0.25) is 0 Å². The molecule has 2 aromatic rings. The Labute approximate surface area is 174 Å². The van der Waals surface area contributed by atoms with E-state index < -0.39 is 0 Å². The number of fused-ring (bicyclic) bond motifs is 3. The van der Waals surface area contributed by atoms with Crippen molar-refractivity contribution in [3.63, 3.8) is 0 Å². The van der Waals surface area contributed by atoms with Crippen molar-refractivity contribution in [2.45, 2.75) is 52.7 Å². The largest absolute Gasteiger partial charge is 0.490 e. The van der Waals surface area contributed by atoms with Crippen molar-refractivity contribution in [2.75, 3.05) is 13.2 Å². The average molecular weight is 394 g/mol. The lowest BCUT2D eigenvalue weighted by Crippen LogP contribution is -2.17. The Kier molecular flexibility index (Phi) is 6.75. The molecule has 0 radical (unpaired) electrons. The van der Waals surface area contributed by atoms with Gasteiger partial charge in [-0.05, 0) is 70.4 Å². The summed E-state index contributed by atoms with van der Waals surface area (Å²) in [7, 11) is 0. The quantitative estimate of drug-likeness (QED) is 0.268. The molecule has 4 nitrogen and oxygen atoms in total. The fourth-order valence-electron chi connectivity index (χ4n) is 3.10. The van der Waals surface area contributed by atoms with Gasteiger partial charge in [0.2, 0.25) is 0 Å². The smallest absolute Gasteiger partial charge is 0.129 e. The van der Waals surface area contributed by atoms with Gasteiger partial charge in [-0.25, -0.2) is 0 Å². The highest BCUT2D eigenvalue weighted by molar-refractivity contribution is 6.24. The second kappa shape index (κ2) is 9.27. The van der Waals surface area contributed by atoms with E-state index in [4.69, 9.17) is 14.3 Å². The third kappa shape index (κ3) is 5.70. The van der Waals surface area contributed by atoms with Crippen molar-refractivity contribution in [2.24, 2.45) is 5.16 Å². The van der Waals surface area contributed by atoms with Gasteiger partial charge in [0.25, 0.3) is 0 Å². The Balaban J connectivity index is 1.72. The molecule has 0 heterocycles. The number of oxime groups is 1. The first kappa shape index (κ1) is 21.1. The Hall–Kier alpha value is -2.59. The zero-order chi connectivity index (χ0) is 20.9. The van der Waals surface area contributed by atoms with E-state index in [1.807, 2.05) is 58.9 Å². The fraction of sp³-hybridized carbons (Fsp3) is 0.400. The van der Waals surface area contributed by atoms with Crippen molar-refractivity contribution in [3.05, 3.63) is 65.7 Å². The summed E-state index contributed by atoms with van der Waals surface area (Å²) in [6, 6.07) is 14.5. The van der Waals surface area contributed by atoms with Crippen LogP contribution in [0.2, 0.25) is 0 Å². The molecule has 0 N–H and O–H groups in total. The zero-order valence-corrected chi connectivity index (χ0v) is 18.1. The first-order valence-electron chi connectivity index (χ1n) is 10.2. The maximum absolute atomic E-state index is 5.93. The standard InChI is InChI=1S/C25H31NO3/c1-18(2)27-15-9-6-10-16-28-19-13-14-21-20-11-7-8-12-22(20)24(23(21)17-19)26-29-25(3,4)5/h6-8,10-14,17-18H,9,15-16H2,1-5H3/b10-6+,26-24+. The van der Waals surface area contributed by atoms with Gasteiger partial charge in [0, 0.05) is 11.1 Å². The van der Waals surface area contributed by atoms with E-state index in [1.54, 1.807) is 0 Å². The van der Waals surface area contributed by atoms with E-state index >= 15 is 0 Å². The normalized spacial score (nSPS) is 14.5. The highest BCUT2D eigenvalue weighted by Gasteiger charge is 2.26. The summed E-state index contributed by atoms with van der Waals surface area (Å²) in [6.07, 6.45) is 5.29. The number of benzene rings is 2. The molecule has 0 atom stereocenters. The van der Waals surface area contributed by atoms with Gasteiger partial charge in [-0.1, -0.05) is 41.6 Å². The lowest BCUT2D eigenvalue weighted by molar-refractivity contribution is 0.00121. The second-order valence-electron chi connectivity index (χ2n) is 8.39. The first-order chi connectivity index (χ1) is 13.8. The number of hydrogen-bond donors (Lipinski definition) is 0. The topological polar surface area (TPSA) is 40.0 Å². The summed E-state index contributed by atoms with van der Waals surface area (Å²) in [5, 5.41) is 4.50. The Morgan fingerprint density at radius 1 is 0.931 bits per heavy atom. The number of rotatable bonds is 8. The molecule has 3 rings (SSSR count). The monoisotopic (exact) mass is 393 g/mol.